The highest BCUT2D eigenvalue weighted by Crippen LogP contribution is 2.34. The average Bonchev–Trinajstić information content (AvgIpc) is 2.18. The van der Waals surface area contributed by atoms with Crippen LogP contribution in [0.1, 0.15) is 11.1 Å². The van der Waals surface area contributed by atoms with E-state index in [2.05, 4.69) is 4.72 Å². The fourth-order valence-electron chi connectivity index (χ4n) is 1.45. The number of phenolic OH excluding ortho intramolecular Hbond substituents is 1. The highest BCUT2D eigenvalue weighted by atomic mass is 35.5. The van der Waals surface area contributed by atoms with Crippen molar-refractivity contribution in [2.45, 2.75) is 13.3 Å². The predicted molar refractivity (Wildman–Crippen MR) is 68.8 cm³/mol. The number of hydrogen-bond acceptors (Lipinski definition) is 4. The number of nitrogens with two attached hydrogens (primary N) is 1. The number of hydrogen-bond donors (Lipinski definition) is 3. The Hall–Kier alpha value is -0.980. The molecule has 4 N–H and O–H groups in total. The minimum Gasteiger partial charge on any atom is -0.506 e. The first-order valence-electron chi connectivity index (χ1n) is 4.93. The molecule has 0 heterocycles. The molecule has 0 spiro atoms. The van der Waals surface area contributed by atoms with E-state index in [1.54, 1.807) is 13.0 Å². The molecule has 0 saturated carbocycles. The van der Waals surface area contributed by atoms with Crippen LogP contribution >= 0.6 is 11.6 Å². The maximum absolute atomic E-state index is 10.9. The molecule has 0 amide bonds. The van der Waals surface area contributed by atoms with Crippen LogP contribution in [0.25, 0.3) is 0 Å². The van der Waals surface area contributed by atoms with E-state index in [4.69, 9.17) is 17.3 Å². The standard InChI is InChI=1S/C10H15ClN2O3S/c1-6-5-8(12)7(9(11)10(6)14)3-4-13-17(2,15)16/h5,13-14H,3-4,12H2,1-2H3. The molecular formula is C10H15ClN2O3S. The summed E-state index contributed by atoms with van der Waals surface area (Å²) in [5, 5.41) is 9.82. The van der Waals surface area contributed by atoms with E-state index in [0.717, 1.165) is 6.26 Å². The van der Waals surface area contributed by atoms with Gasteiger partial charge in [0.05, 0.1) is 11.3 Å². The average molecular weight is 279 g/mol. The van der Waals surface area contributed by atoms with E-state index >= 15 is 0 Å². The SMILES string of the molecule is Cc1cc(N)c(CCNS(C)(=O)=O)c(Cl)c1O. The first-order chi connectivity index (χ1) is 7.72. The van der Waals surface area contributed by atoms with E-state index in [0.29, 0.717) is 23.2 Å². The van der Waals surface area contributed by atoms with Gasteiger partial charge in [0.1, 0.15) is 5.75 Å². The molecule has 1 aromatic rings. The fraction of sp³-hybridized carbons (Fsp3) is 0.400. The van der Waals surface area contributed by atoms with Crippen molar-refractivity contribution in [2.75, 3.05) is 18.5 Å². The number of anilines is 1. The molecule has 0 fully saturated rings. The number of benzene rings is 1. The number of phenols is 1. The molecule has 0 radical (unpaired) electrons. The minimum absolute atomic E-state index is 0.0183. The van der Waals surface area contributed by atoms with Crippen LogP contribution in [0.4, 0.5) is 5.69 Å². The van der Waals surface area contributed by atoms with Crippen LogP contribution in [0.3, 0.4) is 0 Å². The number of nitrogen functional groups attached to an aromatic ring is 1. The summed E-state index contributed by atoms with van der Waals surface area (Å²) in [6.07, 6.45) is 1.40. The second-order valence-corrected chi connectivity index (χ2v) is 6.05. The Kier molecular flexibility index (Phi) is 4.24. The van der Waals surface area contributed by atoms with Crippen molar-refractivity contribution in [3.8, 4) is 5.75 Å². The summed E-state index contributed by atoms with van der Waals surface area (Å²) < 4.78 is 24.1. The van der Waals surface area contributed by atoms with Crippen molar-refractivity contribution in [1.82, 2.24) is 4.72 Å². The van der Waals surface area contributed by atoms with Crippen LogP contribution in [0.5, 0.6) is 5.75 Å². The Morgan fingerprint density at radius 3 is 2.65 bits per heavy atom. The first kappa shape index (κ1) is 14.1. The van der Waals surface area contributed by atoms with Gasteiger partial charge >= 0.3 is 0 Å². The van der Waals surface area contributed by atoms with Crippen LogP contribution in [-0.4, -0.2) is 26.3 Å². The van der Waals surface area contributed by atoms with E-state index in [1.807, 2.05) is 0 Å². The zero-order chi connectivity index (χ0) is 13.2. The van der Waals surface area contributed by atoms with Gasteiger partial charge in [0.15, 0.2) is 0 Å². The Morgan fingerprint density at radius 2 is 2.12 bits per heavy atom. The maximum atomic E-state index is 10.9. The van der Waals surface area contributed by atoms with Crippen molar-refractivity contribution in [1.29, 1.82) is 0 Å². The van der Waals surface area contributed by atoms with Gasteiger partial charge in [0, 0.05) is 12.2 Å². The zero-order valence-electron chi connectivity index (χ0n) is 9.62. The van der Waals surface area contributed by atoms with Crippen LogP contribution in [0, 0.1) is 6.92 Å². The van der Waals surface area contributed by atoms with Crippen LogP contribution in [0.2, 0.25) is 5.02 Å². The number of halogens is 1. The summed E-state index contributed by atoms with van der Waals surface area (Å²) in [5.74, 6) is -0.0183. The molecule has 0 aromatic heterocycles. The van der Waals surface area contributed by atoms with Crippen molar-refractivity contribution in [2.24, 2.45) is 0 Å². The molecule has 96 valence electrons. The summed E-state index contributed by atoms with van der Waals surface area (Å²) in [6, 6.07) is 1.61. The highest BCUT2D eigenvalue weighted by molar-refractivity contribution is 7.88. The third kappa shape index (κ3) is 3.76. The topological polar surface area (TPSA) is 92.4 Å². The number of rotatable bonds is 4. The first-order valence-corrected chi connectivity index (χ1v) is 7.20. The summed E-state index contributed by atoms with van der Waals surface area (Å²) in [7, 11) is -3.23. The lowest BCUT2D eigenvalue weighted by atomic mass is 10.1. The largest absolute Gasteiger partial charge is 0.506 e. The summed E-state index contributed by atoms with van der Waals surface area (Å²) in [6.45, 7) is 1.88. The summed E-state index contributed by atoms with van der Waals surface area (Å²) in [4.78, 5) is 0. The van der Waals surface area contributed by atoms with Gasteiger partial charge in [-0.2, -0.15) is 0 Å². The molecule has 0 aliphatic rings. The van der Waals surface area contributed by atoms with Gasteiger partial charge in [-0.3, -0.25) is 0 Å². The molecule has 0 saturated heterocycles. The number of nitrogens with one attached hydrogen (secondary N) is 1. The predicted octanol–water partition coefficient (Wildman–Crippen LogP) is 1.03. The third-order valence-electron chi connectivity index (χ3n) is 2.31. The smallest absolute Gasteiger partial charge is 0.208 e. The van der Waals surface area contributed by atoms with Crippen LogP contribution < -0.4 is 10.5 Å². The molecule has 1 aromatic carbocycles. The molecule has 0 aliphatic carbocycles. The van der Waals surface area contributed by atoms with E-state index < -0.39 is 10.0 Å². The van der Waals surface area contributed by atoms with E-state index in [9.17, 15) is 13.5 Å². The van der Waals surface area contributed by atoms with Gasteiger partial charge in [-0.25, -0.2) is 13.1 Å². The summed E-state index contributed by atoms with van der Waals surface area (Å²) in [5.41, 5.74) is 7.35. The number of sulfonamides is 1. The van der Waals surface area contributed by atoms with Gasteiger partial charge in [0.2, 0.25) is 10.0 Å². The number of aromatic hydroxyl groups is 1. The lowest BCUT2D eigenvalue weighted by molar-refractivity contribution is 0.470. The molecule has 0 bridgehead atoms. The molecule has 7 heteroatoms. The summed E-state index contributed by atoms with van der Waals surface area (Å²) >= 11 is 5.95. The minimum atomic E-state index is -3.23. The normalized spacial score (nSPS) is 11.7. The molecule has 5 nitrogen and oxygen atoms in total. The Morgan fingerprint density at radius 1 is 1.53 bits per heavy atom. The van der Waals surface area contributed by atoms with Crippen LogP contribution in [0.15, 0.2) is 6.07 Å². The van der Waals surface area contributed by atoms with Crippen molar-refractivity contribution in [3.63, 3.8) is 0 Å². The van der Waals surface area contributed by atoms with Gasteiger partial charge in [-0.1, -0.05) is 11.6 Å². The Labute approximate surface area is 106 Å². The zero-order valence-corrected chi connectivity index (χ0v) is 11.2. The molecule has 0 unspecified atom stereocenters. The van der Waals surface area contributed by atoms with Gasteiger partial charge < -0.3 is 10.8 Å². The molecule has 0 atom stereocenters. The number of aryl methyl sites for hydroxylation is 1. The van der Waals surface area contributed by atoms with Crippen LogP contribution in [-0.2, 0) is 16.4 Å². The highest BCUT2D eigenvalue weighted by Gasteiger charge is 2.12. The van der Waals surface area contributed by atoms with Gasteiger partial charge in [0.25, 0.3) is 0 Å². The maximum Gasteiger partial charge on any atom is 0.208 e. The molecule has 17 heavy (non-hydrogen) atoms. The lowest BCUT2D eigenvalue weighted by Crippen LogP contribution is -2.24. The second kappa shape index (κ2) is 5.12. The Balaban J connectivity index is 2.89. The monoisotopic (exact) mass is 278 g/mol. The van der Waals surface area contributed by atoms with Crippen molar-refractivity contribution >= 4 is 27.3 Å². The van der Waals surface area contributed by atoms with E-state index in [1.165, 1.54) is 0 Å². The fourth-order valence-corrected chi connectivity index (χ4v) is 2.27. The van der Waals surface area contributed by atoms with E-state index in [-0.39, 0.29) is 17.3 Å². The van der Waals surface area contributed by atoms with Gasteiger partial charge in [-0.15, -0.1) is 0 Å². The van der Waals surface area contributed by atoms with Crippen molar-refractivity contribution < 1.29 is 13.5 Å². The van der Waals surface area contributed by atoms with Gasteiger partial charge in [-0.05, 0) is 30.5 Å². The molecule has 1 rings (SSSR count). The van der Waals surface area contributed by atoms with Crippen molar-refractivity contribution in [3.05, 3.63) is 22.2 Å². The second-order valence-electron chi connectivity index (χ2n) is 3.84. The lowest BCUT2D eigenvalue weighted by Gasteiger charge is -2.12. The molecule has 0 aliphatic heterocycles. The third-order valence-corrected chi connectivity index (χ3v) is 3.44. The Bertz CT molecular complexity index is 529. The quantitative estimate of drug-likeness (QED) is 0.566. The molecular weight excluding hydrogens is 264 g/mol.